The molecule has 1 aliphatic rings. The number of likely N-dealkylation sites (tertiary alicyclic amines) is 1. The van der Waals surface area contributed by atoms with Gasteiger partial charge in [-0.3, -0.25) is 24.6 Å². The van der Waals surface area contributed by atoms with Crippen molar-refractivity contribution in [2.24, 2.45) is 0 Å². The highest BCUT2D eigenvalue weighted by molar-refractivity contribution is 6.00. The van der Waals surface area contributed by atoms with Crippen LogP contribution in [0.1, 0.15) is 26.2 Å². The summed E-state index contributed by atoms with van der Waals surface area (Å²) in [4.78, 5) is 36.2. The quantitative estimate of drug-likeness (QED) is 0.475. The molecule has 20 heavy (non-hydrogen) atoms. The Labute approximate surface area is 119 Å². The van der Waals surface area contributed by atoms with Gasteiger partial charge in [-0.15, -0.1) is 0 Å². The van der Waals surface area contributed by atoms with E-state index in [2.05, 4.69) is 10.6 Å². The highest BCUT2D eigenvalue weighted by Gasteiger charge is 2.33. The number of rotatable bonds is 7. The monoisotopic (exact) mass is 285 g/mol. The van der Waals surface area contributed by atoms with Crippen molar-refractivity contribution in [3.05, 3.63) is 0 Å². The van der Waals surface area contributed by atoms with Gasteiger partial charge in [-0.1, -0.05) is 0 Å². The number of nitrogens with zero attached hydrogens (tertiary/aromatic N) is 1. The summed E-state index contributed by atoms with van der Waals surface area (Å²) < 4.78 is 4.89. The van der Waals surface area contributed by atoms with Crippen molar-refractivity contribution in [3.8, 4) is 0 Å². The second kappa shape index (κ2) is 7.96. The Morgan fingerprint density at radius 1 is 1.50 bits per heavy atom. The summed E-state index contributed by atoms with van der Waals surface area (Å²) in [5.41, 5.74) is 0. The molecule has 0 aliphatic carbocycles. The summed E-state index contributed by atoms with van der Waals surface area (Å²) in [5, 5.41) is 5.74. The summed E-state index contributed by atoms with van der Waals surface area (Å²) in [5.74, 6) is -0.613. The number of amides is 3. The number of imide groups is 1. The summed E-state index contributed by atoms with van der Waals surface area (Å²) in [6.45, 7) is 2.83. The molecule has 1 saturated heterocycles. The van der Waals surface area contributed by atoms with Gasteiger partial charge in [-0.05, 0) is 19.8 Å². The molecule has 0 aromatic carbocycles. The fourth-order valence-electron chi connectivity index (χ4n) is 2.03. The second-order valence-corrected chi connectivity index (χ2v) is 4.91. The van der Waals surface area contributed by atoms with Crippen LogP contribution in [-0.2, 0) is 19.1 Å². The maximum Gasteiger partial charge on any atom is 0.246 e. The number of ether oxygens (including phenoxy) is 1. The molecule has 2 atom stereocenters. The van der Waals surface area contributed by atoms with Gasteiger partial charge in [0, 0.05) is 33.7 Å². The highest BCUT2D eigenvalue weighted by Crippen LogP contribution is 2.11. The van der Waals surface area contributed by atoms with Crippen LogP contribution in [-0.4, -0.2) is 62.0 Å². The average Bonchev–Trinajstić information content (AvgIpc) is 2.44. The van der Waals surface area contributed by atoms with Crippen LogP contribution in [0, 0.1) is 0 Å². The minimum atomic E-state index is -0.479. The third-order valence-electron chi connectivity index (χ3n) is 3.32. The van der Waals surface area contributed by atoms with Gasteiger partial charge in [0.2, 0.25) is 17.7 Å². The van der Waals surface area contributed by atoms with Crippen molar-refractivity contribution < 1.29 is 19.1 Å². The largest absolute Gasteiger partial charge is 0.385 e. The predicted molar refractivity (Wildman–Crippen MR) is 72.9 cm³/mol. The molecule has 0 aromatic heterocycles. The molecule has 0 bridgehead atoms. The fraction of sp³-hybridized carbons (Fsp3) is 0.769. The van der Waals surface area contributed by atoms with Crippen LogP contribution in [0.2, 0.25) is 0 Å². The van der Waals surface area contributed by atoms with E-state index in [0.717, 1.165) is 11.3 Å². The van der Waals surface area contributed by atoms with Gasteiger partial charge in [-0.2, -0.15) is 0 Å². The summed E-state index contributed by atoms with van der Waals surface area (Å²) >= 11 is 0. The number of piperidine rings is 1. The van der Waals surface area contributed by atoms with Crippen molar-refractivity contribution in [2.75, 3.05) is 27.3 Å². The predicted octanol–water partition coefficient (Wildman–Crippen LogP) is -0.735. The van der Waals surface area contributed by atoms with Gasteiger partial charge < -0.3 is 10.1 Å². The maximum absolute atomic E-state index is 11.9. The van der Waals surface area contributed by atoms with Gasteiger partial charge in [0.05, 0.1) is 12.1 Å². The van der Waals surface area contributed by atoms with Gasteiger partial charge in [0.15, 0.2) is 0 Å². The van der Waals surface area contributed by atoms with Gasteiger partial charge in [0.1, 0.15) is 0 Å². The zero-order valence-electron chi connectivity index (χ0n) is 12.3. The Hall–Kier alpha value is -1.47. The molecule has 1 heterocycles. The van der Waals surface area contributed by atoms with Crippen molar-refractivity contribution in [3.63, 3.8) is 0 Å². The van der Waals surface area contributed by atoms with E-state index < -0.39 is 12.1 Å². The first-order valence-electron chi connectivity index (χ1n) is 6.80. The number of hydrogen-bond acceptors (Lipinski definition) is 5. The highest BCUT2D eigenvalue weighted by atomic mass is 16.5. The van der Waals surface area contributed by atoms with E-state index in [4.69, 9.17) is 4.74 Å². The lowest BCUT2D eigenvalue weighted by Gasteiger charge is -2.30. The van der Waals surface area contributed by atoms with E-state index in [-0.39, 0.29) is 17.7 Å². The zero-order valence-corrected chi connectivity index (χ0v) is 12.3. The van der Waals surface area contributed by atoms with Crippen LogP contribution in [0.3, 0.4) is 0 Å². The van der Waals surface area contributed by atoms with E-state index >= 15 is 0 Å². The second-order valence-electron chi connectivity index (χ2n) is 4.91. The molecule has 1 fully saturated rings. The van der Waals surface area contributed by atoms with Gasteiger partial charge >= 0.3 is 0 Å². The van der Waals surface area contributed by atoms with Crippen molar-refractivity contribution in [1.82, 2.24) is 15.5 Å². The minimum absolute atomic E-state index is 0.159. The molecular formula is C13H23N3O4. The van der Waals surface area contributed by atoms with Crippen LogP contribution in [0.15, 0.2) is 0 Å². The van der Waals surface area contributed by atoms with E-state index in [0.29, 0.717) is 26.0 Å². The summed E-state index contributed by atoms with van der Waals surface area (Å²) in [6, 6.07) is -0.953. The normalized spacial score (nSPS) is 20.9. The molecule has 7 heteroatoms. The molecular weight excluding hydrogens is 262 g/mol. The lowest BCUT2D eigenvalue weighted by atomic mass is 10.0. The van der Waals surface area contributed by atoms with Crippen LogP contribution < -0.4 is 10.6 Å². The Bertz CT molecular complexity index is 373. The van der Waals surface area contributed by atoms with Crippen LogP contribution in [0.4, 0.5) is 0 Å². The lowest BCUT2D eigenvalue weighted by Crippen LogP contribution is -2.56. The molecule has 0 saturated carbocycles. The Balaban J connectivity index is 2.37. The van der Waals surface area contributed by atoms with Crippen molar-refractivity contribution in [2.45, 2.75) is 38.3 Å². The number of likely N-dealkylation sites (N-methyl/N-ethyl adjacent to an activating group) is 1. The van der Waals surface area contributed by atoms with E-state index in [9.17, 15) is 14.4 Å². The van der Waals surface area contributed by atoms with Crippen LogP contribution in [0.25, 0.3) is 0 Å². The molecule has 0 spiro atoms. The molecule has 1 rings (SSSR count). The minimum Gasteiger partial charge on any atom is -0.385 e. The fourth-order valence-corrected chi connectivity index (χ4v) is 2.03. The Morgan fingerprint density at radius 2 is 2.20 bits per heavy atom. The van der Waals surface area contributed by atoms with Gasteiger partial charge in [0.25, 0.3) is 0 Å². The zero-order chi connectivity index (χ0) is 15.1. The maximum atomic E-state index is 11.9. The van der Waals surface area contributed by atoms with Crippen molar-refractivity contribution >= 4 is 17.7 Å². The van der Waals surface area contributed by atoms with Crippen LogP contribution in [0.5, 0.6) is 0 Å². The molecule has 2 unspecified atom stereocenters. The third-order valence-corrected chi connectivity index (χ3v) is 3.32. The lowest BCUT2D eigenvalue weighted by molar-refractivity contribution is -0.148. The third kappa shape index (κ3) is 4.57. The molecule has 1 aliphatic heterocycles. The SMILES string of the molecule is COCCCNC(=O)C(C)NC1CCC(=O)N(C)C1=O. The van der Waals surface area contributed by atoms with Crippen LogP contribution >= 0.6 is 0 Å². The molecule has 3 amide bonds. The topological polar surface area (TPSA) is 87.7 Å². The number of carbonyl (C=O) groups is 3. The average molecular weight is 285 g/mol. The Kier molecular flexibility index (Phi) is 6.60. The Morgan fingerprint density at radius 3 is 2.85 bits per heavy atom. The van der Waals surface area contributed by atoms with Gasteiger partial charge in [-0.25, -0.2) is 0 Å². The first kappa shape index (κ1) is 16.6. The number of hydrogen-bond donors (Lipinski definition) is 2. The van der Waals surface area contributed by atoms with E-state index in [1.165, 1.54) is 7.05 Å². The molecule has 7 nitrogen and oxygen atoms in total. The summed E-state index contributed by atoms with van der Waals surface area (Å²) in [6.07, 6.45) is 1.50. The summed E-state index contributed by atoms with van der Waals surface area (Å²) in [7, 11) is 3.08. The first-order chi connectivity index (χ1) is 9.47. The molecule has 114 valence electrons. The standard InChI is InChI=1S/C13H23N3O4/c1-9(12(18)14-7-4-8-20-3)15-10-5-6-11(17)16(2)13(10)19/h9-10,15H,4-8H2,1-3H3,(H,14,18). The van der Waals surface area contributed by atoms with E-state index in [1.54, 1.807) is 14.0 Å². The number of methoxy groups -OCH3 is 1. The molecule has 0 aromatic rings. The smallest absolute Gasteiger partial charge is 0.246 e. The molecule has 2 N–H and O–H groups in total. The molecule has 0 radical (unpaired) electrons. The van der Waals surface area contributed by atoms with E-state index in [1.807, 2.05) is 0 Å². The number of nitrogens with one attached hydrogen (secondary N) is 2. The first-order valence-corrected chi connectivity index (χ1v) is 6.80. The number of carbonyl (C=O) groups excluding carboxylic acids is 3. The van der Waals surface area contributed by atoms with Crippen molar-refractivity contribution in [1.29, 1.82) is 0 Å².